The van der Waals surface area contributed by atoms with E-state index in [-0.39, 0.29) is 16.9 Å². The van der Waals surface area contributed by atoms with Crippen LogP contribution in [0.4, 0.5) is 11.4 Å². The first-order chi connectivity index (χ1) is 12.8. The highest BCUT2D eigenvalue weighted by molar-refractivity contribution is 6.09. The Kier molecular flexibility index (Phi) is 4.82. The molecule has 1 amide bonds. The van der Waals surface area contributed by atoms with Crippen molar-refractivity contribution in [2.75, 3.05) is 5.32 Å². The number of anilines is 1. The van der Waals surface area contributed by atoms with Gasteiger partial charge in [0.15, 0.2) is 0 Å². The van der Waals surface area contributed by atoms with E-state index in [0.717, 1.165) is 29.8 Å². The van der Waals surface area contributed by atoms with E-state index >= 15 is 0 Å². The Hall–Kier alpha value is -3.40. The fourth-order valence-electron chi connectivity index (χ4n) is 3.23. The van der Waals surface area contributed by atoms with E-state index in [0.29, 0.717) is 11.6 Å². The summed E-state index contributed by atoms with van der Waals surface area (Å²) in [6.07, 6.45) is 3.87. The second-order valence-corrected chi connectivity index (χ2v) is 6.81. The van der Waals surface area contributed by atoms with Gasteiger partial charge < -0.3 is 9.88 Å². The van der Waals surface area contributed by atoms with Crippen molar-refractivity contribution in [3.05, 3.63) is 62.5 Å². The van der Waals surface area contributed by atoms with Crippen molar-refractivity contribution in [1.82, 2.24) is 4.57 Å². The molecule has 2 aromatic rings. The third-order valence-corrected chi connectivity index (χ3v) is 4.76. The lowest BCUT2D eigenvalue weighted by atomic mass is 10.1. The van der Waals surface area contributed by atoms with Crippen LogP contribution in [0.25, 0.3) is 6.08 Å². The number of carbonyl (C=O) groups excluding carboxylic acids is 1. The summed E-state index contributed by atoms with van der Waals surface area (Å²) in [6, 6.07) is 8.84. The number of hydrogen-bond acceptors (Lipinski definition) is 4. The largest absolute Gasteiger partial charge is 0.346 e. The lowest BCUT2D eigenvalue weighted by Gasteiger charge is -2.07. The van der Waals surface area contributed by atoms with Gasteiger partial charge in [-0.25, -0.2) is 0 Å². The summed E-state index contributed by atoms with van der Waals surface area (Å²) in [5, 5.41) is 23.0. The molecule has 1 N–H and O–H groups in total. The minimum Gasteiger partial charge on any atom is -0.346 e. The van der Waals surface area contributed by atoms with Crippen molar-refractivity contribution in [3.63, 3.8) is 0 Å². The molecule has 0 bridgehead atoms. The maximum atomic E-state index is 12.5. The Bertz CT molecular complexity index is 1010. The molecule has 1 aromatic heterocycles. The quantitative estimate of drug-likeness (QED) is 0.372. The molecule has 1 aliphatic rings. The predicted molar refractivity (Wildman–Crippen MR) is 102 cm³/mol. The van der Waals surface area contributed by atoms with E-state index in [9.17, 15) is 20.2 Å². The van der Waals surface area contributed by atoms with E-state index < -0.39 is 10.8 Å². The summed E-state index contributed by atoms with van der Waals surface area (Å²) in [6.45, 7) is 5.62. The number of nitrogens with one attached hydrogen (secondary N) is 1. The number of nitriles is 1. The molecule has 138 valence electrons. The van der Waals surface area contributed by atoms with Gasteiger partial charge in [-0.05, 0) is 57.4 Å². The monoisotopic (exact) mass is 364 g/mol. The fourth-order valence-corrected chi connectivity index (χ4v) is 3.23. The smallest absolute Gasteiger partial charge is 0.274 e. The zero-order valence-electron chi connectivity index (χ0n) is 15.4. The van der Waals surface area contributed by atoms with Crippen LogP contribution in [0, 0.1) is 42.2 Å². The van der Waals surface area contributed by atoms with Gasteiger partial charge in [0.2, 0.25) is 0 Å². The van der Waals surface area contributed by atoms with Crippen LogP contribution in [-0.4, -0.2) is 15.4 Å². The number of carbonyl (C=O) groups is 1. The number of amides is 1. The normalized spacial score (nSPS) is 13.9. The third kappa shape index (κ3) is 3.75. The van der Waals surface area contributed by atoms with Crippen LogP contribution >= 0.6 is 0 Å². The molecule has 7 nitrogen and oxygen atoms in total. The summed E-state index contributed by atoms with van der Waals surface area (Å²) in [7, 11) is 0. The topological polar surface area (TPSA) is 101 Å². The van der Waals surface area contributed by atoms with Crippen LogP contribution in [0.15, 0.2) is 29.8 Å². The van der Waals surface area contributed by atoms with Gasteiger partial charge in [-0.1, -0.05) is 6.07 Å². The molecule has 1 saturated carbocycles. The number of benzene rings is 1. The molecule has 0 unspecified atom stereocenters. The Morgan fingerprint density at radius 3 is 2.63 bits per heavy atom. The molecule has 1 aromatic carbocycles. The third-order valence-electron chi connectivity index (χ3n) is 4.76. The van der Waals surface area contributed by atoms with Crippen LogP contribution in [0.3, 0.4) is 0 Å². The second kappa shape index (κ2) is 7.08. The van der Waals surface area contributed by atoms with Gasteiger partial charge in [0.05, 0.1) is 4.92 Å². The molecule has 0 saturated heterocycles. The molecule has 3 rings (SSSR count). The molecule has 0 aliphatic heterocycles. The van der Waals surface area contributed by atoms with Crippen molar-refractivity contribution in [2.45, 2.75) is 39.7 Å². The summed E-state index contributed by atoms with van der Waals surface area (Å²) in [5.41, 5.74) is 3.62. The van der Waals surface area contributed by atoms with Gasteiger partial charge in [0.25, 0.3) is 11.6 Å². The zero-order valence-corrected chi connectivity index (χ0v) is 15.4. The molecular weight excluding hydrogens is 344 g/mol. The zero-order chi connectivity index (χ0) is 19.7. The maximum Gasteiger partial charge on any atom is 0.274 e. The standard InChI is InChI=1S/C20H20N4O3/c1-12-4-5-17(10-19(12)24(26)27)22-20(25)16(11-21)9-15-8-13(2)23(14(15)3)18-6-7-18/h4-5,8-10,18H,6-7H2,1-3H3,(H,22,25)/b16-9+. The Labute approximate surface area is 157 Å². The van der Waals surface area contributed by atoms with Crippen molar-refractivity contribution < 1.29 is 9.72 Å². The van der Waals surface area contributed by atoms with Gasteiger partial charge in [0, 0.05) is 34.7 Å². The summed E-state index contributed by atoms with van der Waals surface area (Å²) >= 11 is 0. The van der Waals surface area contributed by atoms with Crippen molar-refractivity contribution in [3.8, 4) is 6.07 Å². The van der Waals surface area contributed by atoms with Gasteiger partial charge >= 0.3 is 0 Å². The van der Waals surface area contributed by atoms with Gasteiger partial charge in [0.1, 0.15) is 11.6 Å². The molecule has 1 heterocycles. The van der Waals surface area contributed by atoms with Crippen LogP contribution in [0.5, 0.6) is 0 Å². The summed E-state index contributed by atoms with van der Waals surface area (Å²) < 4.78 is 2.24. The Balaban J connectivity index is 1.86. The number of aryl methyl sites for hydroxylation is 2. The molecule has 1 fully saturated rings. The highest BCUT2D eigenvalue weighted by Gasteiger charge is 2.27. The Morgan fingerprint density at radius 1 is 1.33 bits per heavy atom. The van der Waals surface area contributed by atoms with Crippen LogP contribution in [0.2, 0.25) is 0 Å². The van der Waals surface area contributed by atoms with Crippen molar-refractivity contribution in [2.24, 2.45) is 0 Å². The van der Waals surface area contributed by atoms with E-state index in [4.69, 9.17) is 0 Å². The van der Waals surface area contributed by atoms with Crippen LogP contribution < -0.4 is 5.32 Å². The number of nitro benzene ring substituents is 1. The summed E-state index contributed by atoms with van der Waals surface area (Å²) in [4.78, 5) is 23.0. The SMILES string of the molecule is Cc1ccc(NC(=O)/C(C#N)=C/c2cc(C)n(C3CC3)c2C)cc1[N+](=O)[O-]. The molecule has 0 radical (unpaired) electrons. The number of aromatic nitrogens is 1. The average Bonchev–Trinajstić information content (AvgIpc) is 3.40. The minimum absolute atomic E-state index is 0.0470. The number of rotatable bonds is 5. The maximum absolute atomic E-state index is 12.5. The average molecular weight is 364 g/mol. The lowest BCUT2D eigenvalue weighted by molar-refractivity contribution is -0.385. The van der Waals surface area contributed by atoms with Gasteiger partial charge in [-0.2, -0.15) is 5.26 Å². The van der Waals surface area contributed by atoms with Crippen LogP contribution in [0.1, 0.15) is 41.4 Å². The van der Waals surface area contributed by atoms with E-state index in [1.54, 1.807) is 25.1 Å². The van der Waals surface area contributed by atoms with Crippen LogP contribution in [-0.2, 0) is 4.79 Å². The molecule has 1 aliphatic carbocycles. The highest BCUT2D eigenvalue weighted by Crippen LogP contribution is 2.38. The van der Waals surface area contributed by atoms with E-state index in [1.807, 2.05) is 26.0 Å². The van der Waals surface area contributed by atoms with Gasteiger partial charge in [-0.15, -0.1) is 0 Å². The molecular formula is C20H20N4O3. The summed E-state index contributed by atoms with van der Waals surface area (Å²) in [5.74, 6) is -0.591. The molecule has 0 spiro atoms. The van der Waals surface area contributed by atoms with Crippen molar-refractivity contribution >= 4 is 23.4 Å². The number of hydrogen-bond donors (Lipinski definition) is 1. The first kappa shape index (κ1) is 18.4. The first-order valence-corrected chi connectivity index (χ1v) is 8.68. The first-order valence-electron chi connectivity index (χ1n) is 8.68. The second-order valence-electron chi connectivity index (χ2n) is 6.81. The fraction of sp³-hybridized carbons (Fsp3) is 0.300. The van der Waals surface area contributed by atoms with Crippen molar-refractivity contribution in [1.29, 1.82) is 5.26 Å². The highest BCUT2D eigenvalue weighted by atomic mass is 16.6. The molecule has 0 atom stereocenters. The number of nitrogens with zero attached hydrogens (tertiary/aromatic N) is 3. The predicted octanol–water partition coefficient (Wildman–Crippen LogP) is 4.20. The molecule has 27 heavy (non-hydrogen) atoms. The molecule has 7 heteroatoms. The minimum atomic E-state index is -0.591. The lowest BCUT2D eigenvalue weighted by Crippen LogP contribution is -2.13. The van der Waals surface area contributed by atoms with E-state index in [2.05, 4.69) is 9.88 Å². The Morgan fingerprint density at radius 2 is 2.04 bits per heavy atom. The van der Waals surface area contributed by atoms with Gasteiger partial charge in [-0.3, -0.25) is 14.9 Å². The number of nitro groups is 1. The van der Waals surface area contributed by atoms with E-state index in [1.165, 1.54) is 6.07 Å².